The van der Waals surface area contributed by atoms with Gasteiger partial charge in [-0.1, -0.05) is 0 Å². The van der Waals surface area contributed by atoms with E-state index in [-0.39, 0.29) is 12.5 Å². The van der Waals surface area contributed by atoms with Crippen LogP contribution in [0, 0.1) is 0 Å². The summed E-state index contributed by atoms with van der Waals surface area (Å²) in [6.45, 7) is 3.88. The molecule has 0 aromatic heterocycles. The fraction of sp³-hybridized carbons (Fsp3) is 0.600. The number of nitrogens with zero attached hydrogens (tertiary/aromatic N) is 1. The van der Waals surface area contributed by atoms with Crippen LogP contribution in [-0.2, 0) is 19.1 Å². The van der Waals surface area contributed by atoms with Gasteiger partial charge in [0.25, 0.3) is 5.91 Å². The third kappa shape index (κ3) is 3.32. The lowest BCUT2D eigenvalue weighted by Gasteiger charge is -2.21. The molecule has 0 bridgehead atoms. The molecule has 0 aromatic carbocycles. The maximum Gasteiger partial charge on any atom is 0.254 e. The molecule has 0 aliphatic carbocycles. The Balaban J connectivity index is 2.54. The first-order chi connectivity index (χ1) is 7.54. The zero-order chi connectivity index (χ0) is 12.1. The van der Waals surface area contributed by atoms with Gasteiger partial charge >= 0.3 is 0 Å². The lowest BCUT2D eigenvalue weighted by molar-refractivity contribution is -0.122. The van der Waals surface area contributed by atoms with E-state index in [9.17, 15) is 9.59 Å². The molecular weight excluding hydrogens is 212 g/mol. The third-order valence-corrected chi connectivity index (χ3v) is 2.22. The van der Waals surface area contributed by atoms with Crippen LogP contribution in [0.3, 0.4) is 0 Å². The van der Waals surface area contributed by atoms with Crippen molar-refractivity contribution in [1.82, 2.24) is 10.2 Å². The van der Waals surface area contributed by atoms with Crippen LogP contribution >= 0.6 is 0 Å². The number of hydrogen-bond donors (Lipinski definition) is 1. The van der Waals surface area contributed by atoms with Crippen LogP contribution in [0.15, 0.2) is 11.8 Å². The number of imide groups is 1. The Hall–Kier alpha value is -1.40. The van der Waals surface area contributed by atoms with Crippen LogP contribution in [0.2, 0.25) is 0 Å². The Kier molecular flexibility index (Phi) is 4.45. The number of hydrogen-bond acceptors (Lipinski definition) is 5. The van der Waals surface area contributed by atoms with E-state index in [4.69, 9.17) is 9.47 Å². The second-order valence-electron chi connectivity index (χ2n) is 3.56. The van der Waals surface area contributed by atoms with Crippen LogP contribution < -0.4 is 5.32 Å². The van der Waals surface area contributed by atoms with Crippen molar-refractivity contribution in [1.29, 1.82) is 0 Å². The molecule has 6 heteroatoms. The molecule has 6 nitrogen and oxygen atoms in total. The SMILES string of the molecule is C/C(=C/N(C)C1COC(C)O1)C(=O)NC=O. The molecule has 16 heavy (non-hydrogen) atoms. The Morgan fingerprint density at radius 1 is 1.56 bits per heavy atom. The quantitative estimate of drug-likeness (QED) is 0.533. The predicted octanol–water partition coefficient (Wildman–Crippen LogP) is -0.187. The molecule has 0 saturated carbocycles. The summed E-state index contributed by atoms with van der Waals surface area (Å²) in [5.74, 6) is -0.422. The Bertz CT molecular complexity index is 303. The van der Waals surface area contributed by atoms with Gasteiger partial charge in [0, 0.05) is 18.8 Å². The molecule has 2 amide bonds. The summed E-state index contributed by atoms with van der Waals surface area (Å²) in [5, 5.41) is 2.06. The summed E-state index contributed by atoms with van der Waals surface area (Å²) in [5.41, 5.74) is 0.428. The zero-order valence-electron chi connectivity index (χ0n) is 9.60. The van der Waals surface area contributed by atoms with Gasteiger partial charge in [0.15, 0.2) is 12.5 Å². The Morgan fingerprint density at radius 2 is 2.25 bits per heavy atom. The van der Waals surface area contributed by atoms with Crippen LogP contribution in [0.5, 0.6) is 0 Å². The Labute approximate surface area is 94.2 Å². The van der Waals surface area contributed by atoms with Crippen molar-refractivity contribution in [2.24, 2.45) is 0 Å². The third-order valence-electron chi connectivity index (χ3n) is 2.22. The van der Waals surface area contributed by atoms with E-state index in [2.05, 4.69) is 5.32 Å². The van der Waals surface area contributed by atoms with Gasteiger partial charge in [0.1, 0.15) is 0 Å². The molecule has 1 aliphatic rings. The largest absolute Gasteiger partial charge is 0.353 e. The molecule has 2 unspecified atom stereocenters. The average Bonchev–Trinajstić information content (AvgIpc) is 2.65. The lowest BCUT2D eigenvalue weighted by atomic mass is 10.3. The Morgan fingerprint density at radius 3 is 2.75 bits per heavy atom. The number of nitrogens with one attached hydrogen (secondary N) is 1. The fourth-order valence-corrected chi connectivity index (χ4v) is 1.35. The lowest BCUT2D eigenvalue weighted by Crippen LogP contribution is -2.31. The summed E-state index contributed by atoms with van der Waals surface area (Å²) in [4.78, 5) is 23.1. The van der Waals surface area contributed by atoms with Gasteiger partial charge in [0.2, 0.25) is 6.41 Å². The number of likely N-dealkylation sites (N-methyl/N-ethyl adjacent to an activating group) is 1. The predicted molar refractivity (Wildman–Crippen MR) is 56.0 cm³/mol. The second kappa shape index (κ2) is 5.62. The van der Waals surface area contributed by atoms with Gasteiger partial charge in [-0.2, -0.15) is 0 Å². The molecule has 1 heterocycles. The highest BCUT2D eigenvalue weighted by atomic mass is 16.7. The van der Waals surface area contributed by atoms with Gasteiger partial charge in [-0.15, -0.1) is 0 Å². The number of carbonyl (C=O) groups is 2. The number of rotatable bonds is 4. The molecule has 1 saturated heterocycles. The molecular formula is C10H16N2O4. The first kappa shape index (κ1) is 12.7. The number of amides is 2. The van der Waals surface area contributed by atoms with Crippen LogP contribution in [-0.4, -0.2) is 43.4 Å². The standard InChI is InChI=1S/C10H16N2O4/c1-7(10(14)11-6-13)4-12(3)9-5-15-8(2)16-9/h4,6,8-9H,5H2,1-3H3,(H,11,13,14)/b7-4-. The minimum atomic E-state index is -0.422. The summed E-state index contributed by atoms with van der Waals surface area (Å²) in [7, 11) is 1.78. The van der Waals surface area contributed by atoms with Crippen molar-refractivity contribution < 1.29 is 19.1 Å². The minimum Gasteiger partial charge on any atom is -0.353 e. The van der Waals surface area contributed by atoms with Crippen LogP contribution in [0.4, 0.5) is 0 Å². The molecule has 2 atom stereocenters. The molecule has 0 radical (unpaired) electrons. The van der Waals surface area contributed by atoms with Crippen molar-refractivity contribution in [3.63, 3.8) is 0 Å². The average molecular weight is 228 g/mol. The first-order valence-electron chi connectivity index (χ1n) is 4.96. The number of ether oxygens (including phenoxy) is 2. The van der Waals surface area contributed by atoms with Crippen molar-refractivity contribution in [3.05, 3.63) is 11.8 Å². The maximum atomic E-state index is 11.2. The van der Waals surface area contributed by atoms with E-state index < -0.39 is 5.91 Å². The molecule has 1 rings (SSSR count). The van der Waals surface area contributed by atoms with Crippen molar-refractivity contribution in [2.75, 3.05) is 13.7 Å². The van der Waals surface area contributed by atoms with Gasteiger partial charge in [-0.3, -0.25) is 14.9 Å². The molecule has 1 aliphatic heterocycles. The van der Waals surface area contributed by atoms with E-state index in [1.54, 1.807) is 25.1 Å². The maximum absolute atomic E-state index is 11.2. The van der Waals surface area contributed by atoms with Gasteiger partial charge in [-0.05, 0) is 13.8 Å². The molecule has 0 aromatic rings. The van der Waals surface area contributed by atoms with Crippen molar-refractivity contribution in [2.45, 2.75) is 26.4 Å². The van der Waals surface area contributed by atoms with Gasteiger partial charge < -0.3 is 14.4 Å². The molecule has 1 N–H and O–H groups in total. The normalized spacial score (nSPS) is 25.3. The fourth-order valence-electron chi connectivity index (χ4n) is 1.35. The number of carbonyl (C=O) groups excluding carboxylic acids is 2. The molecule has 1 fully saturated rings. The molecule has 0 spiro atoms. The second-order valence-corrected chi connectivity index (χ2v) is 3.56. The summed E-state index contributed by atoms with van der Waals surface area (Å²) < 4.78 is 10.6. The van der Waals surface area contributed by atoms with Crippen LogP contribution in [0.25, 0.3) is 0 Å². The first-order valence-corrected chi connectivity index (χ1v) is 4.96. The zero-order valence-corrected chi connectivity index (χ0v) is 9.60. The van der Waals surface area contributed by atoms with E-state index in [1.165, 1.54) is 0 Å². The van der Waals surface area contributed by atoms with E-state index >= 15 is 0 Å². The van der Waals surface area contributed by atoms with Crippen LogP contribution in [0.1, 0.15) is 13.8 Å². The summed E-state index contributed by atoms with van der Waals surface area (Å²) in [6, 6.07) is 0. The summed E-state index contributed by atoms with van der Waals surface area (Å²) >= 11 is 0. The van der Waals surface area contributed by atoms with Crippen molar-refractivity contribution >= 4 is 12.3 Å². The highest BCUT2D eigenvalue weighted by Gasteiger charge is 2.24. The highest BCUT2D eigenvalue weighted by Crippen LogP contribution is 2.14. The minimum absolute atomic E-state index is 0.200. The van der Waals surface area contributed by atoms with E-state index in [0.29, 0.717) is 18.6 Å². The van der Waals surface area contributed by atoms with Crippen molar-refractivity contribution in [3.8, 4) is 0 Å². The molecule has 90 valence electrons. The van der Waals surface area contributed by atoms with Gasteiger partial charge in [0.05, 0.1) is 6.61 Å². The monoisotopic (exact) mass is 228 g/mol. The van der Waals surface area contributed by atoms with Gasteiger partial charge in [-0.25, -0.2) is 0 Å². The summed E-state index contributed by atoms with van der Waals surface area (Å²) in [6.07, 6.45) is 1.54. The smallest absolute Gasteiger partial charge is 0.254 e. The highest BCUT2D eigenvalue weighted by molar-refractivity contribution is 5.98. The topological polar surface area (TPSA) is 67.9 Å². The van der Waals surface area contributed by atoms with E-state index in [1.807, 2.05) is 6.92 Å². The van der Waals surface area contributed by atoms with E-state index in [0.717, 1.165) is 0 Å².